The minimum absolute atomic E-state index is 0. The van der Waals surface area contributed by atoms with Gasteiger partial charge in [0.05, 0.1) is 6.61 Å². The van der Waals surface area contributed by atoms with Crippen LogP contribution < -0.4 is 5.73 Å². The third-order valence-corrected chi connectivity index (χ3v) is 2.83. The molecule has 1 aliphatic rings. The second-order valence-electron chi connectivity index (χ2n) is 3.72. The van der Waals surface area contributed by atoms with Crippen molar-refractivity contribution in [1.29, 1.82) is 0 Å². The molecule has 1 unspecified atom stereocenters. The van der Waals surface area contributed by atoms with Crippen molar-refractivity contribution in [3.8, 4) is 0 Å². The number of alkyl halides is 3. The summed E-state index contributed by atoms with van der Waals surface area (Å²) >= 11 is 0. The lowest BCUT2D eigenvalue weighted by Gasteiger charge is -2.41. The van der Waals surface area contributed by atoms with Gasteiger partial charge in [-0.15, -0.1) is 12.4 Å². The summed E-state index contributed by atoms with van der Waals surface area (Å²) in [6.45, 7) is 1.36. The van der Waals surface area contributed by atoms with Gasteiger partial charge in [-0.05, 0) is 25.7 Å². The summed E-state index contributed by atoms with van der Waals surface area (Å²) in [5.74, 6) is -2.20. The van der Waals surface area contributed by atoms with Gasteiger partial charge in [0.25, 0.3) is 0 Å². The van der Waals surface area contributed by atoms with Gasteiger partial charge in [-0.3, -0.25) is 0 Å². The van der Waals surface area contributed by atoms with Crippen molar-refractivity contribution in [2.75, 3.05) is 6.61 Å². The van der Waals surface area contributed by atoms with Gasteiger partial charge in [0.1, 0.15) is 0 Å². The van der Waals surface area contributed by atoms with Crippen molar-refractivity contribution in [1.82, 2.24) is 0 Å². The molecule has 16 heavy (non-hydrogen) atoms. The summed E-state index contributed by atoms with van der Waals surface area (Å²) in [5.41, 5.74) is 2.39. The predicted molar refractivity (Wildman–Crippen MR) is 54.2 cm³/mol. The minimum Gasteiger partial charge on any atom is -0.464 e. The van der Waals surface area contributed by atoms with Crippen molar-refractivity contribution in [3.05, 3.63) is 0 Å². The van der Waals surface area contributed by atoms with Crippen LogP contribution in [0.4, 0.5) is 13.2 Å². The molecule has 0 amide bonds. The highest BCUT2D eigenvalue weighted by Crippen LogP contribution is 2.44. The number of carbonyl (C=O) groups is 1. The van der Waals surface area contributed by atoms with E-state index in [1.54, 1.807) is 0 Å². The van der Waals surface area contributed by atoms with Gasteiger partial charge < -0.3 is 10.5 Å². The summed E-state index contributed by atoms with van der Waals surface area (Å²) in [7, 11) is 0. The van der Waals surface area contributed by atoms with Gasteiger partial charge in [0, 0.05) is 0 Å². The quantitative estimate of drug-likeness (QED) is 0.791. The summed E-state index contributed by atoms with van der Waals surface area (Å²) < 4.78 is 42.6. The van der Waals surface area contributed by atoms with Crippen molar-refractivity contribution >= 4 is 18.4 Å². The maximum absolute atomic E-state index is 12.7. The smallest absolute Gasteiger partial charge is 0.417 e. The van der Waals surface area contributed by atoms with Crippen LogP contribution in [0.2, 0.25) is 0 Å². The third-order valence-electron chi connectivity index (χ3n) is 2.83. The lowest BCUT2D eigenvalue weighted by atomic mass is 9.70. The third kappa shape index (κ3) is 2.43. The summed E-state index contributed by atoms with van der Waals surface area (Å²) in [6.07, 6.45) is -3.41. The lowest BCUT2D eigenvalue weighted by molar-refractivity contribution is -0.222. The van der Waals surface area contributed by atoms with Crippen molar-refractivity contribution in [3.63, 3.8) is 0 Å². The number of carbonyl (C=O) groups excluding carboxylic acids is 1. The minimum atomic E-state index is -4.75. The molecule has 1 atom stereocenters. The molecular formula is C9H15ClF3NO2. The molecule has 1 fully saturated rings. The van der Waals surface area contributed by atoms with Crippen LogP contribution in [0.5, 0.6) is 0 Å². The number of esters is 1. The van der Waals surface area contributed by atoms with E-state index in [-0.39, 0.29) is 19.0 Å². The maximum Gasteiger partial charge on any atom is 0.417 e. The monoisotopic (exact) mass is 261 g/mol. The molecule has 0 aliphatic heterocycles. The summed E-state index contributed by atoms with van der Waals surface area (Å²) in [6, 6.07) is 0. The average molecular weight is 262 g/mol. The first-order chi connectivity index (χ1) is 6.84. The molecule has 0 heterocycles. The van der Waals surface area contributed by atoms with E-state index >= 15 is 0 Å². The van der Waals surface area contributed by atoms with Crippen LogP contribution in [-0.2, 0) is 9.53 Å². The van der Waals surface area contributed by atoms with E-state index in [1.807, 2.05) is 0 Å². The Morgan fingerprint density at radius 3 is 2.19 bits per heavy atom. The fraction of sp³-hybridized carbons (Fsp3) is 0.889. The van der Waals surface area contributed by atoms with Crippen LogP contribution in [0.3, 0.4) is 0 Å². The molecular weight excluding hydrogens is 247 g/mol. The fourth-order valence-corrected chi connectivity index (χ4v) is 1.63. The Bertz CT molecular complexity index is 256. The molecule has 0 radical (unpaired) electrons. The van der Waals surface area contributed by atoms with Crippen LogP contribution in [0.15, 0.2) is 0 Å². The predicted octanol–water partition coefficient (Wildman–Crippen LogP) is 2.03. The van der Waals surface area contributed by atoms with E-state index < -0.39 is 23.6 Å². The number of hydrogen-bond donors (Lipinski definition) is 1. The van der Waals surface area contributed by atoms with Crippen LogP contribution in [-0.4, -0.2) is 24.3 Å². The number of nitrogens with two attached hydrogens (primary N) is 1. The Hall–Kier alpha value is -0.490. The second-order valence-corrected chi connectivity index (χ2v) is 3.72. The lowest BCUT2D eigenvalue weighted by Crippen LogP contribution is -2.66. The maximum atomic E-state index is 12.7. The van der Waals surface area contributed by atoms with E-state index in [0.29, 0.717) is 19.3 Å². The number of hydrogen-bond acceptors (Lipinski definition) is 3. The first-order valence-electron chi connectivity index (χ1n) is 4.86. The summed E-state index contributed by atoms with van der Waals surface area (Å²) in [4.78, 5) is 11.3. The molecule has 3 nitrogen and oxygen atoms in total. The zero-order valence-corrected chi connectivity index (χ0v) is 9.66. The van der Waals surface area contributed by atoms with Gasteiger partial charge in [-0.1, -0.05) is 6.42 Å². The van der Waals surface area contributed by atoms with Crippen molar-refractivity contribution in [2.45, 2.75) is 37.9 Å². The SMILES string of the molecule is CCOC(=O)C(N)(C1CCC1)C(F)(F)F.Cl. The molecule has 7 heteroatoms. The van der Waals surface area contributed by atoms with Gasteiger partial charge >= 0.3 is 12.1 Å². The number of rotatable bonds is 3. The molecule has 0 bridgehead atoms. The van der Waals surface area contributed by atoms with Crippen LogP contribution in [0.1, 0.15) is 26.2 Å². The molecule has 0 spiro atoms. The van der Waals surface area contributed by atoms with Crippen molar-refractivity contribution in [2.24, 2.45) is 11.7 Å². The average Bonchev–Trinajstić information content (AvgIpc) is 1.98. The van der Waals surface area contributed by atoms with E-state index in [4.69, 9.17) is 5.73 Å². The van der Waals surface area contributed by atoms with Crippen LogP contribution >= 0.6 is 12.4 Å². The number of halogens is 4. The van der Waals surface area contributed by atoms with Crippen LogP contribution in [0.25, 0.3) is 0 Å². The van der Waals surface area contributed by atoms with Gasteiger partial charge in [0.15, 0.2) is 0 Å². The molecule has 1 rings (SSSR count). The molecule has 0 aromatic heterocycles. The Morgan fingerprint density at radius 2 is 1.94 bits per heavy atom. The van der Waals surface area contributed by atoms with E-state index in [1.165, 1.54) is 6.92 Å². The number of ether oxygens (including phenoxy) is 1. The molecule has 1 aliphatic carbocycles. The molecule has 0 saturated heterocycles. The van der Waals surface area contributed by atoms with Gasteiger partial charge in [-0.25, -0.2) is 4.79 Å². The second kappa shape index (κ2) is 5.23. The zero-order chi connectivity index (χ0) is 11.7. The topological polar surface area (TPSA) is 52.3 Å². The van der Waals surface area contributed by atoms with Gasteiger partial charge in [0.2, 0.25) is 5.54 Å². The van der Waals surface area contributed by atoms with E-state index in [2.05, 4.69) is 4.74 Å². The molecule has 2 N–H and O–H groups in total. The molecule has 96 valence electrons. The first kappa shape index (κ1) is 15.5. The van der Waals surface area contributed by atoms with E-state index in [0.717, 1.165) is 0 Å². The van der Waals surface area contributed by atoms with Crippen molar-refractivity contribution < 1.29 is 22.7 Å². The highest BCUT2D eigenvalue weighted by molar-refractivity contribution is 5.85. The molecule has 0 aromatic carbocycles. The Labute approximate surface area is 97.9 Å². The largest absolute Gasteiger partial charge is 0.464 e. The Kier molecular flexibility index (Phi) is 5.07. The normalized spacial score (nSPS) is 20.3. The zero-order valence-electron chi connectivity index (χ0n) is 8.84. The Balaban J connectivity index is 0.00000225. The van der Waals surface area contributed by atoms with E-state index in [9.17, 15) is 18.0 Å². The molecule has 0 aromatic rings. The highest BCUT2D eigenvalue weighted by atomic mass is 35.5. The highest BCUT2D eigenvalue weighted by Gasteiger charge is 2.64. The Morgan fingerprint density at radius 1 is 1.44 bits per heavy atom. The van der Waals surface area contributed by atoms with Crippen LogP contribution in [0, 0.1) is 5.92 Å². The fourth-order valence-electron chi connectivity index (χ4n) is 1.63. The first-order valence-corrected chi connectivity index (χ1v) is 4.86. The molecule has 1 saturated carbocycles. The summed E-state index contributed by atoms with van der Waals surface area (Å²) in [5, 5.41) is 0. The van der Waals surface area contributed by atoms with Gasteiger partial charge in [-0.2, -0.15) is 13.2 Å². The standard InChI is InChI=1S/C9H14F3NO2.ClH/c1-2-15-7(14)8(13,9(10,11)12)6-4-3-5-6;/h6H,2-5,13H2,1H3;1H.